The molecule has 2 aromatic heterocycles. The van der Waals surface area contributed by atoms with E-state index in [4.69, 9.17) is 0 Å². The smallest absolute Gasteiger partial charge is 0.262 e. The van der Waals surface area contributed by atoms with E-state index in [9.17, 15) is 14.0 Å². The van der Waals surface area contributed by atoms with Crippen LogP contribution in [0.4, 0.5) is 4.39 Å². The number of carbonyl (C=O) groups excluding carboxylic acids is 2. The minimum absolute atomic E-state index is 0.0878. The predicted molar refractivity (Wildman–Crippen MR) is 113 cm³/mol. The van der Waals surface area contributed by atoms with Crippen molar-refractivity contribution >= 4 is 40.2 Å². The number of halogens is 1. The van der Waals surface area contributed by atoms with Crippen molar-refractivity contribution in [3.05, 3.63) is 79.9 Å². The first-order chi connectivity index (χ1) is 14.0. The number of aryl methyl sites for hydroxylation is 1. The maximum absolute atomic E-state index is 13.8. The molecule has 0 saturated heterocycles. The van der Waals surface area contributed by atoms with Gasteiger partial charge in [-0.05, 0) is 47.5 Å². The molecule has 0 spiro atoms. The number of hydrazone groups is 1. The first-order valence-corrected chi connectivity index (χ1v) is 10.8. The van der Waals surface area contributed by atoms with Gasteiger partial charge in [0.1, 0.15) is 5.82 Å². The molecule has 0 saturated carbocycles. The molecule has 4 rings (SSSR count). The maximum atomic E-state index is 13.8. The average Bonchev–Trinajstić information content (AvgIpc) is 3.46. The largest absolute Gasteiger partial charge is 0.343 e. The number of rotatable bonds is 5. The Kier molecular flexibility index (Phi) is 5.55. The van der Waals surface area contributed by atoms with Crippen LogP contribution in [0.2, 0.25) is 0 Å². The predicted octanol–water partition coefficient (Wildman–Crippen LogP) is 4.36. The summed E-state index contributed by atoms with van der Waals surface area (Å²) in [5, 5.41) is 12.5. The van der Waals surface area contributed by atoms with E-state index >= 15 is 0 Å². The van der Waals surface area contributed by atoms with Gasteiger partial charge in [-0.3, -0.25) is 9.59 Å². The third kappa shape index (κ3) is 3.99. The zero-order valence-electron chi connectivity index (χ0n) is 15.6. The van der Waals surface area contributed by atoms with Crippen LogP contribution >= 0.6 is 22.7 Å². The summed E-state index contributed by atoms with van der Waals surface area (Å²) in [5.41, 5.74) is 1.87. The lowest BCUT2D eigenvalue weighted by Crippen LogP contribution is -2.38. The Labute approximate surface area is 175 Å². The van der Waals surface area contributed by atoms with Gasteiger partial charge in [0, 0.05) is 11.3 Å². The number of carbonyl (C=O) groups is 2. The van der Waals surface area contributed by atoms with Crippen LogP contribution in [0.3, 0.4) is 0 Å². The van der Waals surface area contributed by atoms with Crippen LogP contribution < -0.4 is 5.32 Å². The summed E-state index contributed by atoms with van der Waals surface area (Å²) in [5.74, 6) is -1.58. The van der Waals surface area contributed by atoms with Crippen molar-refractivity contribution < 1.29 is 14.0 Å². The Balaban J connectivity index is 1.53. The van der Waals surface area contributed by atoms with Crippen molar-refractivity contribution in [2.45, 2.75) is 19.4 Å². The minimum atomic E-state index is -0.623. The van der Waals surface area contributed by atoms with E-state index in [2.05, 4.69) is 10.4 Å². The van der Waals surface area contributed by atoms with Crippen molar-refractivity contribution in [1.29, 1.82) is 0 Å². The Morgan fingerprint density at radius 2 is 2.00 bits per heavy atom. The molecule has 3 aromatic rings. The number of benzene rings is 1. The molecular weight excluding hydrogens is 409 g/mol. The molecule has 0 aliphatic carbocycles. The van der Waals surface area contributed by atoms with Crippen molar-refractivity contribution in [2.75, 3.05) is 6.54 Å². The van der Waals surface area contributed by atoms with Gasteiger partial charge in [0.2, 0.25) is 0 Å². The summed E-state index contributed by atoms with van der Waals surface area (Å²) < 4.78 is 13.8. The Bertz CT molecular complexity index is 1080. The molecule has 1 aromatic carbocycles. The first kappa shape index (κ1) is 19.5. The summed E-state index contributed by atoms with van der Waals surface area (Å²) in [6.07, 6.45) is 0.620. The van der Waals surface area contributed by atoms with E-state index in [1.54, 1.807) is 28.7 Å². The van der Waals surface area contributed by atoms with Crippen molar-refractivity contribution in [3.63, 3.8) is 0 Å². The Morgan fingerprint density at radius 3 is 2.69 bits per heavy atom. The topological polar surface area (TPSA) is 61.8 Å². The first-order valence-electron chi connectivity index (χ1n) is 9.04. The van der Waals surface area contributed by atoms with E-state index in [0.717, 1.165) is 21.0 Å². The van der Waals surface area contributed by atoms with Gasteiger partial charge < -0.3 is 5.32 Å². The number of thiophene rings is 2. The van der Waals surface area contributed by atoms with Crippen molar-refractivity contribution in [1.82, 2.24) is 10.3 Å². The van der Waals surface area contributed by atoms with E-state index in [1.165, 1.54) is 23.2 Å². The zero-order chi connectivity index (χ0) is 20.4. The van der Waals surface area contributed by atoms with Gasteiger partial charge in [-0.25, -0.2) is 9.40 Å². The van der Waals surface area contributed by atoms with Gasteiger partial charge in [-0.1, -0.05) is 18.2 Å². The minimum Gasteiger partial charge on any atom is -0.343 e. The van der Waals surface area contributed by atoms with Crippen LogP contribution in [0.25, 0.3) is 0 Å². The number of nitrogens with zero attached hydrogens (tertiary/aromatic N) is 2. The van der Waals surface area contributed by atoms with Gasteiger partial charge in [0.25, 0.3) is 11.8 Å². The van der Waals surface area contributed by atoms with Gasteiger partial charge in [-0.2, -0.15) is 5.10 Å². The molecule has 1 atom stereocenters. The van der Waals surface area contributed by atoms with Crippen LogP contribution in [0.5, 0.6) is 0 Å². The SMILES string of the molecule is Cc1ccsc1C1CC(c2cccs2)=NN1C(=O)CNC(=O)c1ccccc1F. The van der Waals surface area contributed by atoms with Crippen molar-refractivity contribution in [2.24, 2.45) is 5.10 Å². The molecule has 1 N–H and O–H groups in total. The number of nitrogens with one attached hydrogen (secondary N) is 1. The van der Waals surface area contributed by atoms with Gasteiger partial charge in [0.15, 0.2) is 0 Å². The molecule has 1 aliphatic rings. The molecule has 1 unspecified atom stereocenters. The van der Waals surface area contributed by atoms with E-state index in [0.29, 0.717) is 6.42 Å². The Morgan fingerprint density at radius 1 is 1.17 bits per heavy atom. The summed E-state index contributed by atoms with van der Waals surface area (Å²) in [6.45, 7) is 1.76. The zero-order valence-corrected chi connectivity index (χ0v) is 17.2. The summed E-state index contributed by atoms with van der Waals surface area (Å²) >= 11 is 3.17. The molecule has 2 amide bonds. The highest BCUT2D eigenvalue weighted by atomic mass is 32.1. The summed E-state index contributed by atoms with van der Waals surface area (Å²) in [7, 11) is 0. The van der Waals surface area contributed by atoms with Gasteiger partial charge in [0.05, 0.1) is 28.7 Å². The van der Waals surface area contributed by atoms with E-state index in [1.807, 2.05) is 35.9 Å². The number of hydrogen-bond donors (Lipinski definition) is 1. The van der Waals surface area contributed by atoms with Gasteiger partial charge >= 0.3 is 0 Å². The highest BCUT2D eigenvalue weighted by Gasteiger charge is 2.35. The van der Waals surface area contributed by atoms with Crippen molar-refractivity contribution in [3.8, 4) is 0 Å². The van der Waals surface area contributed by atoms with Gasteiger partial charge in [-0.15, -0.1) is 22.7 Å². The normalized spacial score (nSPS) is 16.0. The second-order valence-corrected chi connectivity index (χ2v) is 8.51. The fraction of sp³-hybridized carbons (Fsp3) is 0.190. The Hall–Kier alpha value is -2.84. The third-order valence-corrected chi connectivity index (χ3v) is 6.73. The fourth-order valence-corrected chi connectivity index (χ4v) is 4.97. The summed E-state index contributed by atoms with van der Waals surface area (Å²) in [6, 6.07) is 11.4. The van der Waals surface area contributed by atoms with Crippen LogP contribution in [0, 0.1) is 12.7 Å². The molecular formula is C21H18FN3O2S2. The molecule has 0 fully saturated rings. The molecule has 3 heterocycles. The molecule has 0 radical (unpaired) electrons. The third-order valence-electron chi connectivity index (χ3n) is 4.69. The monoisotopic (exact) mass is 427 g/mol. The molecule has 8 heteroatoms. The lowest BCUT2D eigenvalue weighted by Gasteiger charge is -2.21. The lowest BCUT2D eigenvalue weighted by molar-refractivity contribution is -0.131. The molecule has 5 nitrogen and oxygen atoms in total. The second kappa shape index (κ2) is 8.26. The second-order valence-electron chi connectivity index (χ2n) is 6.61. The number of amides is 2. The standard InChI is InChI=1S/C21H18FN3O2S2/c1-13-8-10-29-20(13)17-11-16(18-7-4-9-28-18)24-25(17)19(26)12-23-21(27)14-5-2-3-6-15(14)22/h2-10,17H,11-12H2,1H3,(H,23,27). The highest BCUT2D eigenvalue weighted by molar-refractivity contribution is 7.12. The highest BCUT2D eigenvalue weighted by Crippen LogP contribution is 2.37. The quantitative estimate of drug-likeness (QED) is 0.657. The average molecular weight is 428 g/mol. The molecule has 0 bridgehead atoms. The van der Waals surface area contributed by atoms with Crippen LogP contribution in [-0.4, -0.2) is 29.1 Å². The lowest BCUT2D eigenvalue weighted by atomic mass is 10.1. The molecule has 148 valence electrons. The van der Waals surface area contributed by atoms with Crippen LogP contribution in [0.1, 0.15) is 38.1 Å². The molecule has 29 heavy (non-hydrogen) atoms. The molecule has 1 aliphatic heterocycles. The van der Waals surface area contributed by atoms with E-state index in [-0.39, 0.29) is 24.1 Å². The number of hydrogen-bond acceptors (Lipinski definition) is 5. The fourth-order valence-electron chi connectivity index (χ4n) is 3.24. The van der Waals surface area contributed by atoms with Crippen LogP contribution in [-0.2, 0) is 4.79 Å². The van der Waals surface area contributed by atoms with Crippen LogP contribution in [0.15, 0.2) is 58.3 Å². The van der Waals surface area contributed by atoms with E-state index < -0.39 is 11.7 Å². The summed E-state index contributed by atoms with van der Waals surface area (Å²) in [4.78, 5) is 27.3. The maximum Gasteiger partial charge on any atom is 0.262 e.